The summed E-state index contributed by atoms with van der Waals surface area (Å²) < 4.78 is 38.3. The quantitative estimate of drug-likeness (QED) is 0.816. The first-order chi connectivity index (χ1) is 8.46. The number of rotatable bonds is 5. The number of nitrogens with zero attached hydrogens (tertiary/aromatic N) is 1. The molecule has 18 heavy (non-hydrogen) atoms. The number of hydrogen-bond acceptors (Lipinski definition) is 2. The minimum Gasteiger partial charge on any atom is -0.310 e. The third kappa shape index (κ3) is 4.04. The predicted octanol–water partition coefficient (Wildman–Crippen LogP) is 3.66. The van der Waals surface area contributed by atoms with Gasteiger partial charge in [-0.2, -0.15) is 18.4 Å². The van der Waals surface area contributed by atoms with Crippen molar-refractivity contribution in [2.75, 3.05) is 6.54 Å². The largest absolute Gasteiger partial charge is 0.416 e. The molecule has 0 aliphatic heterocycles. The third-order valence-corrected chi connectivity index (χ3v) is 2.65. The molecule has 0 fully saturated rings. The minimum atomic E-state index is -4.33. The van der Waals surface area contributed by atoms with Crippen molar-refractivity contribution in [3.05, 3.63) is 35.4 Å². The Bertz CT molecular complexity index is 421. The highest BCUT2D eigenvalue weighted by molar-refractivity contribution is 5.31. The summed E-state index contributed by atoms with van der Waals surface area (Å²) in [5, 5.41) is 11.4. The van der Waals surface area contributed by atoms with E-state index in [4.69, 9.17) is 5.26 Å². The second-order valence-corrected chi connectivity index (χ2v) is 4.02. The van der Waals surface area contributed by atoms with E-state index in [0.717, 1.165) is 6.07 Å². The lowest BCUT2D eigenvalue weighted by atomic mass is 10.0. The second-order valence-electron chi connectivity index (χ2n) is 4.02. The Morgan fingerprint density at radius 3 is 2.61 bits per heavy atom. The average molecular weight is 256 g/mol. The topological polar surface area (TPSA) is 35.8 Å². The van der Waals surface area contributed by atoms with Gasteiger partial charge in [0.05, 0.1) is 11.6 Å². The van der Waals surface area contributed by atoms with Crippen molar-refractivity contribution < 1.29 is 13.2 Å². The molecule has 0 heterocycles. The van der Waals surface area contributed by atoms with Crippen molar-refractivity contribution in [2.24, 2.45) is 0 Å². The third-order valence-electron chi connectivity index (χ3n) is 2.65. The molecule has 1 unspecified atom stereocenters. The fraction of sp³-hybridized carbons (Fsp3) is 0.462. The van der Waals surface area contributed by atoms with Crippen LogP contribution in [0.2, 0.25) is 0 Å². The van der Waals surface area contributed by atoms with Crippen LogP contribution in [0, 0.1) is 11.3 Å². The highest BCUT2D eigenvalue weighted by Crippen LogP contribution is 2.34. The lowest BCUT2D eigenvalue weighted by Crippen LogP contribution is -2.22. The standard InChI is InChI=1S/C13H15F3N2/c1-10(18-9-5-4-8-17)11-6-2-3-7-12(11)13(14,15)16/h2-3,6-7,10,18H,4-5,9H2,1H3. The van der Waals surface area contributed by atoms with Crippen LogP contribution < -0.4 is 5.32 Å². The SMILES string of the molecule is CC(NCCCC#N)c1ccccc1C(F)(F)F. The van der Waals surface area contributed by atoms with Crippen LogP contribution in [0.25, 0.3) is 0 Å². The van der Waals surface area contributed by atoms with Crippen LogP contribution in [0.4, 0.5) is 13.2 Å². The molecule has 1 aromatic carbocycles. The van der Waals surface area contributed by atoms with Gasteiger partial charge in [-0.05, 0) is 31.5 Å². The van der Waals surface area contributed by atoms with Gasteiger partial charge in [0.2, 0.25) is 0 Å². The van der Waals surface area contributed by atoms with E-state index < -0.39 is 11.7 Å². The molecule has 0 spiro atoms. The van der Waals surface area contributed by atoms with Crippen LogP contribution in [0.5, 0.6) is 0 Å². The summed E-state index contributed by atoms with van der Waals surface area (Å²) in [6.45, 7) is 2.22. The molecule has 98 valence electrons. The summed E-state index contributed by atoms with van der Waals surface area (Å²) in [5.74, 6) is 0. The highest BCUT2D eigenvalue weighted by atomic mass is 19.4. The van der Waals surface area contributed by atoms with Crippen LogP contribution in [-0.2, 0) is 6.18 Å². The van der Waals surface area contributed by atoms with Crippen molar-refractivity contribution in [2.45, 2.75) is 32.0 Å². The number of unbranched alkanes of at least 4 members (excludes halogenated alkanes) is 1. The van der Waals surface area contributed by atoms with E-state index in [1.54, 1.807) is 13.0 Å². The van der Waals surface area contributed by atoms with Crippen LogP contribution in [0.15, 0.2) is 24.3 Å². The first-order valence-electron chi connectivity index (χ1n) is 5.73. The lowest BCUT2D eigenvalue weighted by molar-refractivity contribution is -0.138. The van der Waals surface area contributed by atoms with E-state index >= 15 is 0 Å². The molecule has 0 radical (unpaired) electrons. The van der Waals surface area contributed by atoms with Crippen molar-refractivity contribution in [3.8, 4) is 6.07 Å². The van der Waals surface area contributed by atoms with E-state index in [2.05, 4.69) is 5.32 Å². The van der Waals surface area contributed by atoms with Gasteiger partial charge in [-0.15, -0.1) is 0 Å². The normalized spacial score (nSPS) is 13.1. The molecule has 0 saturated carbocycles. The monoisotopic (exact) mass is 256 g/mol. The first kappa shape index (κ1) is 14.5. The fourth-order valence-corrected chi connectivity index (χ4v) is 1.73. The number of alkyl halides is 3. The van der Waals surface area contributed by atoms with Crippen molar-refractivity contribution >= 4 is 0 Å². The van der Waals surface area contributed by atoms with Crippen LogP contribution in [0.1, 0.15) is 36.9 Å². The molecule has 0 saturated heterocycles. The van der Waals surface area contributed by atoms with Crippen LogP contribution >= 0.6 is 0 Å². The van der Waals surface area contributed by atoms with Gasteiger partial charge in [0.1, 0.15) is 0 Å². The number of hydrogen-bond donors (Lipinski definition) is 1. The summed E-state index contributed by atoms with van der Waals surface area (Å²) in [4.78, 5) is 0. The Hall–Kier alpha value is -1.54. The minimum absolute atomic E-state index is 0.238. The summed E-state index contributed by atoms with van der Waals surface area (Å²) in [6.07, 6.45) is -3.30. The molecule has 5 heteroatoms. The Balaban J connectivity index is 2.74. The second kappa shape index (κ2) is 6.41. The number of nitrogens with one attached hydrogen (secondary N) is 1. The molecule has 0 aliphatic carbocycles. The van der Waals surface area contributed by atoms with Crippen molar-refractivity contribution in [3.63, 3.8) is 0 Å². The van der Waals surface area contributed by atoms with Crippen molar-refractivity contribution in [1.29, 1.82) is 5.26 Å². The zero-order valence-corrected chi connectivity index (χ0v) is 10.1. The maximum Gasteiger partial charge on any atom is 0.416 e. The average Bonchev–Trinajstić information content (AvgIpc) is 2.33. The molecule has 0 amide bonds. The van der Waals surface area contributed by atoms with Gasteiger partial charge >= 0.3 is 6.18 Å². The van der Waals surface area contributed by atoms with Gasteiger partial charge in [-0.25, -0.2) is 0 Å². The molecular weight excluding hydrogens is 241 g/mol. The Morgan fingerprint density at radius 2 is 2.00 bits per heavy atom. The molecule has 2 nitrogen and oxygen atoms in total. The van der Waals surface area contributed by atoms with E-state index in [1.165, 1.54) is 12.1 Å². The molecule has 0 bridgehead atoms. The summed E-state index contributed by atoms with van der Waals surface area (Å²) >= 11 is 0. The molecule has 0 aromatic heterocycles. The molecule has 0 aliphatic rings. The molecular formula is C13H15F3N2. The highest BCUT2D eigenvalue weighted by Gasteiger charge is 2.33. The maximum absolute atomic E-state index is 12.8. The zero-order valence-electron chi connectivity index (χ0n) is 10.1. The molecule has 1 N–H and O–H groups in total. The van der Waals surface area contributed by atoms with E-state index in [9.17, 15) is 13.2 Å². The first-order valence-corrected chi connectivity index (χ1v) is 5.73. The van der Waals surface area contributed by atoms with Crippen LogP contribution in [0.3, 0.4) is 0 Å². The van der Waals surface area contributed by atoms with Crippen LogP contribution in [-0.4, -0.2) is 6.54 Å². The molecule has 1 atom stereocenters. The fourth-order valence-electron chi connectivity index (χ4n) is 1.73. The lowest BCUT2D eigenvalue weighted by Gasteiger charge is -2.19. The van der Waals surface area contributed by atoms with Gasteiger partial charge in [0, 0.05) is 12.5 Å². The summed E-state index contributed by atoms with van der Waals surface area (Å²) in [5.41, 5.74) is -0.368. The predicted molar refractivity (Wildman–Crippen MR) is 62.7 cm³/mol. The van der Waals surface area contributed by atoms with Crippen molar-refractivity contribution in [1.82, 2.24) is 5.32 Å². The number of nitriles is 1. The van der Waals surface area contributed by atoms with Gasteiger partial charge < -0.3 is 5.32 Å². The molecule has 1 rings (SSSR count). The van der Waals surface area contributed by atoms with Gasteiger partial charge in [0.15, 0.2) is 0 Å². The van der Waals surface area contributed by atoms with E-state index in [-0.39, 0.29) is 11.6 Å². The maximum atomic E-state index is 12.8. The van der Waals surface area contributed by atoms with E-state index in [0.29, 0.717) is 19.4 Å². The Kier molecular flexibility index (Phi) is 5.17. The smallest absolute Gasteiger partial charge is 0.310 e. The van der Waals surface area contributed by atoms with E-state index in [1.807, 2.05) is 6.07 Å². The van der Waals surface area contributed by atoms with Gasteiger partial charge in [-0.1, -0.05) is 18.2 Å². The number of benzene rings is 1. The summed E-state index contributed by atoms with van der Waals surface area (Å²) in [6, 6.07) is 7.15. The summed E-state index contributed by atoms with van der Waals surface area (Å²) in [7, 11) is 0. The number of halogens is 3. The van der Waals surface area contributed by atoms with Gasteiger partial charge in [0.25, 0.3) is 0 Å². The molecule has 1 aromatic rings. The van der Waals surface area contributed by atoms with Gasteiger partial charge in [-0.3, -0.25) is 0 Å². The Morgan fingerprint density at radius 1 is 1.33 bits per heavy atom. The Labute approximate surface area is 104 Å². The zero-order chi connectivity index (χ0) is 13.6.